The number of ether oxygens (including phenoxy) is 2. The lowest BCUT2D eigenvalue weighted by molar-refractivity contribution is 0.108. The maximum absolute atomic E-state index is 12.4. The molecule has 168 valence electrons. The first kappa shape index (κ1) is 22.5. The van der Waals surface area contributed by atoms with Crippen molar-refractivity contribution in [1.29, 1.82) is 0 Å². The van der Waals surface area contributed by atoms with E-state index in [2.05, 4.69) is 15.0 Å². The Bertz CT molecular complexity index is 1340. The minimum absolute atomic E-state index is 0.356. The number of fused-ring (bicyclic) bond motifs is 1. The SMILES string of the molecule is COc1ccc(C(=O)SNC(=O)Nc2ccc3oc(-c4ccccc4Cl)nc3c2)cc1OC. The number of urea groups is 1. The van der Waals surface area contributed by atoms with Crippen molar-refractivity contribution >= 4 is 51.5 Å². The highest BCUT2D eigenvalue weighted by Crippen LogP contribution is 2.31. The first-order valence-corrected chi connectivity index (χ1v) is 10.8. The molecule has 3 aromatic carbocycles. The highest BCUT2D eigenvalue weighted by atomic mass is 35.5. The van der Waals surface area contributed by atoms with Crippen LogP contribution in [0.5, 0.6) is 11.5 Å². The van der Waals surface area contributed by atoms with E-state index in [4.69, 9.17) is 25.5 Å². The molecular formula is C23H18ClN3O5S. The average molecular weight is 484 g/mol. The predicted molar refractivity (Wildman–Crippen MR) is 128 cm³/mol. The van der Waals surface area contributed by atoms with Gasteiger partial charge in [0.2, 0.25) is 11.0 Å². The number of nitrogens with one attached hydrogen (secondary N) is 2. The molecule has 0 aliphatic carbocycles. The minimum atomic E-state index is -0.567. The van der Waals surface area contributed by atoms with Crippen molar-refractivity contribution in [2.24, 2.45) is 0 Å². The molecule has 0 bridgehead atoms. The quantitative estimate of drug-likeness (QED) is 0.347. The molecule has 33 heavy (non-hydrogen) atoms. The Labute approximate surface area is 198 Å². The molecule has 0 spiro atoms. The number of halogens is 1. The summed E-state index contributed by atoms with van der Waals surface area (Å²) >= 11 is 6.86. The average Bonchev–Trinajstić information content (AvgIpc) is 3.25. The van der Waals surface area contributed by atoms with Crippen molar-refractivity contribution in [3.8, 4) is 23.0 Å². The highest BCUT2D eigenvalue weighted by Gasteiger charge is 2.15. The van der Waals surface area contributed by atoms with E-state index in [1.165, 1.54) is 14.2 Å². The van der Waals surface area contributed by atoms with Gasteiger partial charge in [0, 0.05) is 23.2 Å². The number of hydrogen-bond donors (Lipinski definition) is 2. The van der Waals surface area contributed by atoms with Crippen LogP contribution in [-0.4, -0.2) is 30.3 Å². The lowest BCUT2D eigenvalue weighted by atomic mass is 10.2. The Hall–Kier alpha value is -3.69. The molecule has 10 heteroatoms. The molecule has 0 atom stereocenters. The van der Waals surface area contributed by atoms with Crippen LogP contribution in [0.4, 0.5) is 10.5 Å². The van der Waals surface area contributed by atoms with Crippen molar-refractivity contribution in [3.05, 3.63) is 71.2 Å². The van der Waals surface area contributed by atoms with Crippen LogP contribution in [0, 0.1) is 0 Å². The second-order valence-electron chi connectivity index (χ2n) is 6.70. The lowest BCUT2D eigenvalue weighted by Gasteiger charge is -2.09. The summed E-state index contributed by atoms with van der Waals surface area (Å²) in [5.41, 5.74) is 2.62. The number of amides is 2. The van der Waals surface area contributed by atoms with Crippen molar-refractivity contribution in [3.63, 3.8) is 0 Å². The van der Waals surface area contributed by atoms with E-state index in [1.807, 2.05) is 18.2 Å². The van der Waals surface area contributed by atoms with Crippen LogP contribution in [0.15, 0.2) is 65.1 Å². The second kappa shape index (κ2) is 9.85. The third kappa shape index (κ3) is 5.05. The number of benzene rings is 3. The van der Waals surface area contributed by atoms with Crippen molar-refractivity contribution in [1.82, 2.24) is 9.71 Å². The number of aromatic nitrogens is 1. The summed E-state index contributed by atoms with van der Waals surface area (Å²) in [6.07, 6.45) is 0. The van der Waals surface area contributed by atoms with Gasteiger partial charge < -0.3 is 19.2 Å². The van der Waals surface area contributed by atoms with Gasteiger partial charge in [-0.3, -0.25) is 9.52 Å². The molecule has 4 rings (SSSR count). The number of oxazole rings is 1. The van der Waals surface area contributed by atoms with Gasteiger partial charge in [0.15, 0.2) is 17.1 Å². The summed E-state index contributed by atoms with van der Waals surface area (Å²) in [6.45, 7) is 0. The van der Waals surface area contributed by atoms with E-state index in [1.54, 1.807) is 42.5 Å². The Balaban J connectivity index is 1.40. The number of nitrogens with zero attached hydrogens (tertiary/aromatic N) is 1. The Morgan fingerprint density at radius 1 is 1.00 bits per heavy atom. The zero-order chi connectivity index (χ0) is 23.4. The molecule has 2 N–H and O–H groups in total. The fourth-order valence-corrected chi connectivity index (χ4v) is 3.72. The van der Waals surface area contributed by atoms with Crippen molar-refractivity contribution in [2.75, 3.05) is 19.5 Å². The van der Waals surface area contributed by atoms with Gasteiger partial charge in [-0.1, -0.05) is 23.7 Å². The van der Waals surface area contributed by atoms with Gasteiger partial charge in [0.1, 0.15) is 5.52 Å². The number of carbonyl (C=O) groups is 2. The van der Waals surface area contributed by atoms with Crippen LogP contribution in [0.25, 0.3) is 22.6 Å². The minimum Gasteiger partial charge on any atom is -0.493 e. The van der Waals surface area contributed by atoms with Crippen LogP contribution >= 0.6 is 23.5 Å². The largest absolute Gasteiger partial charge is 0.493 e. The highest BCUT2D eigenvalue weighted by molar-refractivity contribution is 8.12. The van der Waals surface area contributed by atoms with Gasteiger partial charge in [-0.15, -0.1) is 0 Å². The summed E-state index contributed by atoms with van der Waals surface area (Å²) in [5, 5.41) is 2.83. The van der Waals surface area contributed by atoms with E-state index in [-0.39, 0.29) is 5.12 Å². The van der Waals surface area contributed by atoms with Crippen molar-refractivity contribution in [2.45, 2.75) is 0 Å². The number of rotatable bonds is 5. The van der Waals surface area contributed by atoms with Crippen LogP contribution < -0.4 is 19.5 Å². The number of carbonyl (C=O) groups excluding carboxylic acids is 2. The summed E-state index contributed by atoms with van der Waals surface area (Å²) < 4.78 is 18.6. The Morgan fingerprint density at radius 2 is 1.79 bits per heavy atom. The molecule has 0 aliphatic rings. The molecular weight excluding hydrogens is 466 g/mol. The predicted octanol–water partition coefficient (Wildman–Crippen LogP) is 5.78. The maximum Gasteiger partial charge on any atom is 0.329 e. The van der Waals surface area contributed by atoms with E-state index in [0.29, 0.717) is 62.3 Å². The molecule has 0 aliphatic heterocycles. The number of methoxy groups -OCH3 is 2. The van der Waals surface area contributed by atoms with Gasteiger partial charge in [-0.05, 0) is 48.5 Å². The second-order valence-corrected chi connectivity index (χ2v) is 7.88. The fourth-order valence-electron chi connectivity index (χ4n) is 3.03. The topological polar surface area (TPSA) is 103 Å². The molecule has 0 radical (unpaired) electrons. The summed E-state index contributed by atoms with van der Waals surface area (Å²) in [5.74, 6) is 1.31. The van der Waals surface area contributed by atoms with Gasteiger partial charge in [0.25, 0.3) is 0 Å². The summed E-state index contributed by atoms with van der Waals surface area (Å²) in [4.78, 5) is 29.1. The standard InChI is InChI=1S/C23H18ClN3O5S/c1-30-19-9-7-13(11-20(19)31-2)22(28)33-27-23(29)25-14-8-10-18-17(12-14)26-21(32-18)15-5-3-4-6-16(15)24/h3-12H,1-2H3,(H2,25,27,29). The van der Waals surface area contributed by atoms with Crippen LogP contribution in [-0.2, 0) is 0 Å². The molecule has 8 nitrogen and oxygen atoms in total. The van der Waals surface area contributed by atoms with Crippen molar-refractivity contribution < 1.29 is 23.5 Å². The van der Waals surface area contributed by atoms with Crippen LogP contribution in [0.3, 0.4) is 0 Å². The van der Waals surface area contributed by atoms with Crippen LogP contribution in [0.2, 0.25) is 5.02 Å². The molecule has 0 saturated carbocycles. The first-order valence-electron chi connectivity index (χ1n) is 9.64. The molecule has 0 saturated heterocycles. The first-order chi connectivity index (χ1) is 16.0. The molecule has 0 fully saturated rings. The fraction of sp³-hybridized carbons (Fsp3) is 0.0870. The van der Waals surface area contributed by atoms with Gasteiger partial charge >= 0.3 is 6.03 Å². The zero-order valence-electron chi connectivity index (χ0n) is 17.5. The number of hydrogen-bond acceptors (Lipinski definition) is 7. The lowest BCUT2D eigenvalue weighted by Crippen LogP contribution is -2.24. The van der Waals surface area contributed by atoms with Crippen LogP contribution in [0.1, 0.15) is 10.4 Å². The van der Waals surface area contributed by atoms with E-state index < -0.39 is 6.03 Å². The monoisotopic (exact) mass is 483 g/mol. The molecule has 0 unspecified atom stereocenters. The Morgan fingerprint density at radius 3 is 2.55 bits per heavy atom. The summed E-state index contributed by atoms with van der Waals surface area (Å²) in [6, 6.07) is 16.4. The molecule has 1 heterocycles. The zero-order valence-corrected chi connectivity index (χ0v) is 19.1. The number of anilines is 1. The third-order valence-electron chi connectivity index (χ3n) is 4.61. The molecule has 1 aromatic heterocycles. The van der Waals surface area contributed by atoms with Gasteiger partial charge in [-0.25, -0.2) is 9.78 Å². The summed E-state index contributed by atoms with van der Waals surface area (Å²) in [7, 11) is 2.99. The van der Waals surface area contributed by atoms with Gasteiger partial charge in [0.05, 0.1) is 24.8 Å². The van der Waals surface area contributed by atoms with E-state index in [0.717, 1.165) is 0 Å². The smallest absolute Gasteiger partial charge is 0.329 e. The van der Waals surface area contributed by atoms with E-state index >= 15 is 0 Å². The molecule has 4 aromatic rings. The van der Waals surface area contributed by atoms with Gasteiger partial charge in [-0.2, -0.15) is 0 Å². The maximum atomic E-state index is 12.4. The normalized spacial score (nSPS) is 10.6. The molecule has 2 amide bonds. The Kier molecular flexibility index (Phi) is 6.71. The third-order valence-corrected chi connectivity index (χ3v) is 5.64. The van der Waals surface area contributed by atoms with E-state index in [9.17, 15) is 9.59 Å².